The molecule has 0 bridgehead atoms. The van der Waals surface area contributed by atoms with Crippen LogP contribution in [0.25, 0.3) is 0 Å². The first-order valence-electron chi connectivity index (χ1n) is 12.9. The molecule has 214 valence electrons. The zero-order valence-electron chi connectivity index (χ0n) is 22.9. The summed E-state index contributed by atoms with van der Waals surface area (Å²) in [5, 5.41) is 3.12. The number of hydrogen-bond acceptors (Lipinski definition) is 7. The van der Waals surface area contributed by atoms with Crippen molar-refractivity contribution in [3.8, 4) is 17.2 Å². The molecule has 3 aromatic rings. The molecule has 0 radical (unpaired) electrons. The van der Waals surface area contributed by atoms with Gasteiger partial charge in [0.05, 0.1) is 31.9 Å². The molecule has 1 aliphatic rings. The first-order valence-corrected chi connectivity index (χ1v) is 14.7. The fourth-order valence-corrected chi connectivity index (χ4v) is 6.22. The Hall–Kier alpha value is -3.47. The van der Waals surface area contributed by atoms with E-state index in [4.69, 9.17) is 25.8 Å². The lowest BCUT2D eigenvalue weighted by atomic mass is 10.1. The maximum Gasteiger partial charge on any atom is 0.265 e. The SMILES string of the molecule is COc1ccc(S(=O)(=O)N(CC(=O)NCc2ccc(CN3CCCC3)cc2)c2cc(Cl)ccc2OC)cc1OC. The minimum Gasteiger partial charge on any atom is -0.495 e. The second kappa shape index (κ2) is 13.3. The average Bonchev–Trinajstić information content (AvgIpc) is 3.48. The third kappa shape index (κ3) is 6.99. The summed E-state index contributed by atoms with van der Waals surface area (Å²) < 4.78 is 44.8. The molecule has 0 atom stereocenters. The zero-order chi connectivity index (χ0) is 28.7. The Morgan fingerprint density at radius 2 is 1.50 bits per heavy atom. The van der Waals surface area contributed by atoms with Crippen LogP contribution >= 0.6 is 11.6 Å². The molecule has 11 heteroatoms. The predicted molar refractivity (Wildman–Crippen MR) is 155 cm³/mol. The quantitative estimate of drug-likeness (QED) is 0.334. The van der Waals surface area contributed by atoms with Crippen LogP contribution in [0.15, 0.2) is 65.6 Å². The molecule has 1 fully saturated rings. The monoisotopic (exact) mass is 587 g/mol. The van der Waals surface area contributed by atoms with E-state index in [1.807, 2.05) is 12.1 Å². The Labute approximate surface area is 240 Å². The van der Waals surface area contributed by atoms with E-state index in [1.54, 1.807) is 12.1 Å². The highest BCUT2D eigenvalue weighted by atomic mass is 35.5. The van der Waals surface area contributed by atoms with Gasteiger partial charge in [0.25, 0.3) is 10.0 Å². The van der Waals surface area contributed by atoms with Gasteiger partial charge < -0.3 is 19.5 Å². The summed E-state index contributed by atoms with van der Waals surface area (Å²) in [7, 11) is 0.0295. The van der Waals surface area contributed by atoms with E-state index in [9.17, 15) is 13.2 Å². The molecule has 1 amide bonds. The van der Waals surface area contributed by atoms with E-state index < -0.39 is 22.5 Å². The Kier molecular flexibility index (Phi) is 9.78. The molecule has 1 aliphatic heterocycles. The normalized spacial score (nSPS) is 13.6. The highest BCUT2D eigenvalue weighted by Gasteiger charge is 2.30. The van der Waals surface area contributed by atoms with Crippen LogP contribution in [0.3, 0.4) is 0 Å². The lowest BCUT2D eigenvalue weighted by Gasteiger charge is -2.26. The molecule has 1 saturated heterocycles. The number of likely N-dealkylation sites (tertiary alicyclic amines) is 1. The number of ether oxygens (including phenoxy) is 3. The van der Waals surface area contributed by atoms with Crippen LogP contribution in [0.2, 0.25) is 5.02 Å². The smallest absolute Gasteiger partial charge is 0.265 e. The number of carbonyl (C=O) groups is 1. The molecular weight excluding hydrogens is 554 g/mol. The van der Waals surface area contributed by atoms with Gasteiger partial charge in [0, 0.05) is 24.2 Å². The van der Waals surface area contributed by atoms with Gasteiger partial charge in [0.2, 0.25) is 5.91 Å². The minimum atomic E-state index is -4.26. The van der Waals surface area contributed by atoms with Crippen molar-refractivity contribution < 1.29 is 27.4 Å². The predicted octanol–water partition coefficient (Wildman–Crippen LogP) is 4.47. The number of nitrogens with zero attached hydrogens (tertiary/aromatic N) is 2. The summed E-state index contributed by atoms with van der Waals surface area (Å²) >= 11 is 6.23. The molecule has 0 aromatic heterocycles. The van der Waals surface area contributed by atoms with Crippen molar-refractivity contribution in [2.75, 3.05) is 45.3 Å². The standard InChI is InChI=1S/C29H34ClN3O6S/c1-37-26-12-10-23(30)16-25(26)33(40(35,36)24-11-13-27(38-2)28(17-24)39-3)20-29(34)31-18-21-6-8-22(9-7-21)19-32-14-4-5-15-32/h6-13,16-17H,4-5,14-15,18-20H2,1-3H3,(H,31,34). The number of hydrogen-bond donors (Lipinski definition) is 1. The van der Waals surface area contributed by atoms with Gasteiger partial charge in [-0.15, -0.1) is 0 Å². The van der Waals surface area contributed by atoms with E-state index in [2.05, 4.69) is 22.3 Å². The van der Waals surface area contributed by atoms with Crippen molar-refractivity contribution in [2.24, 2.45) is 0 Å². The molecule has 0 saturated carbocycles. The van der Waals surface area contributed by atoms with Crippen LogP contribution in [-0.4, -0.2) is 60.2 Å². The van der Waals surface area contributed by atoms with Gasteiger partial charge >= 0.3 is 0 Å². The number of methoxy groups -OCH3 is 3. The summed E-state index contributed by atoms with van der Waals surface area (Å²) in [4.78, 5) is 15.5. The largest absolute Gasteiger partial charge is 0.495 e. The highest BCUT2D eigenvalue weighted by molar-refractivity contribution is 7.92. The number of benzene rings is 3. The highest BCUT2D eigenvalue weighted by Crippen LogP contribution is 2.37. The molecule has 0 spiro atoms. The molecule has 1 N–H and O–H groups in total. The lowest BCUT2D eigenvalue weighted by molar-refractivity contribution is -0.119. The fraction of sp³-hybridized carbons (Fsp3) is 0.345. The van der Waals surface area contributed by atoms with Gasteiger partial charge in [-0.3, -0.25) is 14.0 Å². The Balaban J connectivity index is 1.55. The topological polar surface area (TPSA) is 97.4 Å². The van der Waals surface area contributed by atoms with E-state index in [-0.39, 0.29) is 33.6 Å². The average molecular weight is 588 g/mol. The molecule has 3 aromatic carbocycles. The van der Waals surface area contributed by atoms with Crippen molar-refractivity contribution in [3.05, 3.63) is 76.8 Å². The van der Waals surface area contributed by atoms with Crippen LogP contribution in [0.4, 0.5) is 5.69 Å². The number of rotatable bonds is 12. The van der Waals surface area contributed by atoms with Gasteiger partial charge in [0.15, 0.2) is 11.5 Å². The van der Waals surface area contributed by atoms with Crippen LogP contribution < -0.4 is 23.8 Å². The maximum atomic E-state index is 13.9. The molecule has 40 heavy (non-hydrogen) atoms. The van der Waals surface area contributed by atoms with E-state index in [0.29, 0.717) is 5.75 Å². The van der Waals surface area contributed by atoms with Crippen LogP contribution in [0.5, 0.6) is 17.2 Å². The van der Waals surface area contributed by atoms with Crippen molar-refractivity contribution in [3.63, 3.8) is 0 Å². The maximum absolute atomic E-state index is 13.9. The fourth-order valence-electron chi connectivity index (χ4n) is 4.61. The van der Waals surface area contributed by atoms with Crippen LogP contribution in [-0.2, 0) is 27.9 Å². The summed E-state index contributed by atoms with van der Waals surface area (Å²) in [5.41, 5.74) is 2.26. The van der Waals surface area contributed by atoms with E-state index in [1.165, 1.54) is 64.0 Å². The first-order chi connectivity index (χ1) is 19.2. The molecule has 1 heterocycles. The molecule has 9 nitrogen and oxygen atoms in total. The summed E-state index contributed by atoms with van der Waals surface area (Å²) in [5.74, 6) is 0.360. The third-order valence-corrected chi connectivity index (χ3v) is 8.75. The Bertz CT molecular complexity index is 1430. The summed E-state index contributed by atoms with van der Waals surface area (Å²) in [6.07, 6.45) is 2.48. The van der Waals surface area contributed by atoms with Gasteiger partial charge in [-0.1, -0.05) is 35.9 Å². The summed E-state index contributed by atoms with van der Waals surface area (Å²) in [6.45, 7) is 2.91. The number of anilines is 1. The number of nitrogens with one attached hydrogen (secondary N) is 1. The molecular formula is C29H34ClN3O6S. The second-order valence-electron chi connectivity index (χ2n) is 9.42. The van der Waals surface area contributed by atoms with Crippen molar-refractivity contribution in [2.45, 2.75) is 30.8 Å². The van der Waals surface area contributed by atoms with Crippen LogP contribution in [0, 0.1) is 0 Å². The number of carbonyl (C=O) groups excluding carboxylic acids is 1. The summed E-state index contributed by atoms with van der Waals surface area (Å²) in [6, 6.07) is 16.9. The van der Waals surface area contributed by atoms with Crippen molar-refractivity contribution >= 4 is 33.2 Å². The van der Waals surface area contributed by atoms with Gasteiger partial charge in [-0.05, 0) is 67.4 Å². The lowest BCUT2D eigenvalue weighted by Crippen LogP contribution is -2.40. The number of halogens is 1. The second-order valence-corrected chi connectivity index (χ2v) is 11.7. The zero-order valence-corrected chi connectivity index (χ0v) is 24.4. The molecule has 0 unspecified atom stereocenters. The third-order valence-electron chi connectivity index (χ3n) is 6.76. The molecule has 4 rings (SSSR count). The van der Waals surface area contributed by atoms with E-state index >= 15 is 0 Å². The van der Waals surface area contributed by atoms with Crippen molar-refractivity contribution in [1.29, 1.82) is 0 Å². The van der Waals surface area contributed by atoms with E-state index in [0.717, 1.165) is 29.5 Å². The van der Waals surface area contributed by atoms with Gasteiger partial charge in [-0.25, -0.2) is 8.42 Å². The first kappa shape index (κ1) is 29.5. The minimum absolute atomic E-state index is 0.0893. The van der Waals surface area contributed by atoms with Gasteiger partial charge in [-0.2, -0.15) is 0 Å². The van der Waals surface area contributed by atoms with Crippen molar-refractivity contribution in [1.82, 2.24) is 10.2 Å². The Morgan fingerprint density at radius 1 is 0.875 bits per heavy atom. The van der Waals surface area contributed by atoms with Crippen LogP contribution in [0.1, 0.15) is 24.0 Å². The number of sulfonamides is 1. The number of amides is 1. The van der Waals surface area contributed by atoms with Gasteiger partial charge in [0.1, 0.15) is 12.3 Å². The Morgan fingerprint density at radius 3 is 2.15 bits per heavy atom. The molecule has 0 aliphatic carbocycles.